The van der Waals surface area contributed by atoms with E-state index >= 15 is 0 Å². The second-order valence-electron chi connectivity index (χ2n) is 5.35. The Labute approximate surface area is 151 Å². The molecule has 0 aromatic heterocycles. The van der Waals surface area contributed by atoms with Crippen LogP contribution in [0.1, 0.15) is 29.3 Å². The van der Waals surface area contributed by atoms with Gasteiger partial charge in [-0.25, -0.2) is 13.2 Å². The Morgan fingerprint density at radius 2 is 1.96 bits per heavy atom. The van der Waals surface area contributed by atoms with Crippen molar-refractivity contribution < 1.29 is 23.1 Å². The third-order valence-electron chi connectivity index (χ3n) is 3.38. The number of aryl methyl sites for hydroxylation is 1. The van der Waals surface area contributed by atoms with Crippen LogP contribution in [0.4, 0.5) is 5.69 Å². The van der Waals surface area contributed by atoms with Gasteiger partial charge in [0.2, 0.25) is 0 Å². The van der Waals surface area contributed by atoms with Crippen molar-refractivity contribution in [2.24, 2.45) is 0 Å². The van der Waals surface area contributed by atoms with Crippen molar-refractivity contribution in [2.75, 3.05) is 11.3 Å². The second kappa shape index (κ2) is 7.76. The minimum Gasteiger partial charge on any atom is -0.492 e. The first kappa shape index (κ1) is 19.1. The van der Waals surface area contributed by atoms with Crippen molar-refractivity contribution in [3.8, 4) is 5.75 Å². The van der Waals surface area contributed by atoms with Crippen LogP contribution in [0.15, 0.2) is 41.3 Å². The zero-order chi connectivity index (χ0) is 18.6. The molecule has 2 rings (SSSR count). The fourth-order valence-electron chi connectivity index (χ4n) is 2.13. The number of anilines is 1. The summed E-state index contributed by atoms with van der Waals surface area (Å²) >= 11 is 6.07. The number of carboxylic acids is 1. The summed E-state index contributed by atoms with van der Waals surface area (Å²) < 4.78 is 33.4. The molecular weight excluding hydrogens is 366 g/mol. The topological polar surface area (TPSA) is 92.7 Å². The number of hydrogen-bond acceptors (Lipinski definition) is 4. The molecule has 0 saturated heterocycles. The number of rotatable bonds is 7. The highest BCUT2D eigenvalue weighted by atomic mass is 35.5. The third kappa shape index (κ3) is 4.43. The van der Waals surface area contributed by atoms with Crippen molar-refractivity contribution in [3.63, 3.8) is 0 Å². The molecule has 0 spiro atoms. The number of nitrogens with one attached hydrogen (secondary N) is 1. The number of para-hydroxylation sites is 1. The van der Waals surface area contributed by atoms with Crippen molar-refractivity contribution in [1.82, 2.24) is 0 Å². The van der Waals surface area contributed by atoms with Crippen LogP contribution in [-0.4, -0.2) is 26.1 Å². The molecule has 2 N–H and O–H groups in total. The number of sulfonamides is 1. The predicted octanol–water partition coefficient (Wildman–Crippen LogP) is 3.94. The van der Waals surface area contributed by atoms with E-state index in [-0.39, 0.29) is 26.9 Å². The van der Waals surface area contributed by atoms with Gasteiger partial charge in [0.05, 0.1) is 17.9 Å². The van der Waals surface area contributed by atoms with Crippen LogP contribution in [0.3, 0.4) is 0 Å². The van der Waals surface area contributed by atoms with Crippen molar-refractivity contribution >= 4 is 33.3 Å². The largest absolute Gasteiger partial charge is 0.492 e. The molecule has 0 aliphatic carbocycles. The minimum atomic E-state index is -4.09. The molecule has 0 aliphatic rings. The number of ether oxygens (including phenoxy) is 1. The van der Waals surface area contributed by atoms with Crippen LogP contribution in [0.25, 0.3) is 0 Å². The van der Waals surface area contributed by atoms with E-state index in [0.29, 0.717) is 18.6 Å². The molecule has 2 aromatic carbocycles. The molecule has 0 heterocycles. The molecular formula is C17H18ClNO5S. The number of carboxylic acid groups (broad SMARTS) is 1. The number of carbonyl (C=O) groups is 1. The van der Waals surface area contributed by atoms with E-state index in [0.717, 1.165) is 0 Å². The highest BCUT2D eigenvalue weighted by Gasteiger charge is 2.23. The van der Waals surface area contributed by atoms with Gasteiger partial charge in [-0.1, -0.05) is 30.7 Å². The highest BCUT2D eigenvalue weighted by Crippen LogP contribution is 2.32. The Morgan fingerprint density at radius 1 is 1.28 bits per heavy atom. The third-order valence-corrected chi connectivity index (χ3v) is 5.17. The van der Waals surface area contributed by atoms with E-state index in [1.807, 2.05) is 6.92 Å². The van der Waals surface area contributed by atoms with Gasteiger partial charge in [-0.05, 0) is 43.2 Å². The second-order valence-corrected chi connectivity index (χ2v) is 7.41. The Balaban J connectivity index is 2.50. The summed E-state index contributed by atoms with van der Waals surface area (Å²) in [5.74, 6) is -1.06. The fraction of sp³-hybridized carbons (Fsp3) is 0.235. The lowest BCUT2D eigenvalue weighted by Gasteiger charge is -2.15. The molecule has 0 unspecified atom stereocenters. The monoisotopic (exact) mass is 383 g/mol. The van der Waals surface area contributed by atoms with Crippen LogP contribution in [0, 0.1) is 6.92 Å². The summed E-state index contributed by atoms with van der Waals surface area (Å²) in [7, 11) is -4.09. The molecule has 2 aromatic rings. The number of aromatic carboxylic acids is 1. The predicted molar refractivity (Wildman–Crippen MR) is 96.2 cm³/mol. The quantitative estimate of drug-likeness (QED) is 0.755. The molecule has 134 valence electrons. The average Bonchev–Trinajstić information content (AvgIpc) is 2.55. The summed E-state index contributed by atoms with van der Waals surface area (Å²) in [6, 6.07) is 8.60. The lowest BCUT2D eigenvalue weighted by Crippen LogP contribution is -2.17. The van der Waals surface area contributed by atoms with Gasteiger partial charge in [0.1, 0.15) is 10.6 Å². The molecule has 6 nitrogen and oxygen atoms in total. The number of benzene rings is 2. The van der Waals surface area contributed by atoms with Gasteiger partial charge in [-0.15, -0.1) is 0 Å². The van der Waals surface area contributed by atoms with Crippen LogP contribution in [0.5, 0.6) is 5.75 Å². The van der Waals surface area contributed by atoms with Gasteiger partial charge in [0, 0.05) is 5.02 Å². The van der Waals surface area contributed by atoms with E-state index in [2.05, 4.69) is 4.72 Å². The Hall–Kier alpha value is -2.25. The van der Waals surface area contributed by atoms with Crippen LogP contribution in [-0.2, 0) is 10.0 Å². The number of halogens is 1. The van der Waals surface area contributed by atoms with E-state index in [1.165, 1.54) is 24.3 Å². The Kier molecular flexibility index (Phi) is 5.92. The van der Waals surface area contributed by atoms with Gasteiger partial charge >= 0.3 is 5.97 Å². The van der Waals surface area contributed by atoms with Gasteiger partial charge in [0.15, 0.2) is 0 Å². The fourth-order valence-corrected chi connectivity index (χ4v) is 3.59. The smallest absolute Gasteiger partial charge is 0.337 e. The van der Waals surface area contributed by atoms with Crippen LogP contribution < -0.4 is 9.46 Å². The zero-order valence-electron chi connectivity index (χ0n) is 13.7. The van der Waals surface area contributed by atoms with Crippen molar-refractivity contribution in [3.05, 3.63) is 52.5 Å². The van der Waals surface area contributed by atoms with Gasteiger partial charge < -0.3 is 9.84 Å². The van der Waals surface area contributed by atoms with E-state index in [4.69, 9.17) is 16.3 Å². The molecule has 0 aliphatic heterocycles. The molecule has 0 saturated carbocycles. The maximum Gasteiger partial charge on any atom is 0.337 e. The van der Waals surface area contributed by atoms with E-state index < -0.39 is 16.0 Å². The Morgan fingerprint density at radius 3 is 2.60 bits per heavy atom. The maximum absolute atomic E-state index is 12.8. The first-order chi connectivity index (χ1) is 11.8. The maximum atomic E-state index is 12.8. The van der Waals surface area contributed by atoms with Crippen LogP contribution in [0.2, 0.25) is 5.02 Å². The summed E-state index contributed by atoms with van der Waals surface area (Å²) in [5, 5.41) is 9.48. The first-order valence-electron chi connectivity index (χ1n) is 7.54. The lowest BCUT2D eigenvalue weighted by molar-refractivity contribution is 0.0698. The molecule has 0 fully saturated rings. The zero-order valence-corrected chi connectivity index (χ0v) is 15.3. The molecule has 25 heavy (non-hydrogen) atoms. The summed E-state index contributed by atoms with van der Waals surface area (Å²) in [4.78, 5) is 11.1. The van der Waals surface area contributed by atoms with Crippen molar-refractivity contribution in [2.45, 2.75) is 25.2 Å². The standard InChI is InChI=1S/C17H18ClNO5S/c1-3-8-24-15-9-11(2)13(18)10-16(15)25(22,23)19-14-7-5-4-6-12(14)17(20)21/h4-7,9-10,19H,3,8H2,1-2H3,(H,20,21). The Bertz CT molecular complexity index is 896. The lowest BCUT2D eigenvalue weighted by atomic mass is 10.2. The van der Waals surface area contributed by atoms with E-state index in [1.54, 1.807) is 19.1 Å². The number of hydrogen-bond donors (Lipinski definition) is 2. The summed E-state index contributed by atoms with van der Waals surface area (Å²) in [5.41, 5.74) is 0.492. The molecule has 0 radical (unpaired) electrons. The van der Waals surface area contributed by atoms with Gasteiger partial charge in [-0.2, -0.15) is 0 Å². The SMILES string of the molecule is CCCOc1cc(C)c(Cl)cc1S(=O)(=O)Nc1ccccc1C(=O)O. The average molecular weight is 384 g/mol. The van der Waals surface area contributed by atoms with Gasteiger partial charge in [-0.3, -0.25) is 4.72 Å². The molecule has 0 atom stereocenters. The minimum absolute atomic E-state index is 0.0341. The molecule has 0 amide bonds. The van der Waals surface area contributed by atoms with Crippen molar-refractivity contribution in [1.29, 1.82) is 0 Å². The van der Waals surface area contributed by atoms with Crippen LogP contribution >= 0.6 is 11.6 Å². The molecule has 0 bridgehead atoms. The normalized spacial score (nSPS) is 11.2. The van der Waals surface area contributed by atoms with Gasteiger partial charge in [0.25, 0.3) is 10.0 Å². The highest BCUT2D eigenvalue weighted by molar-refractivity contribution is 7.92. The molecule has 8 heteroatoms. The first-order valence-corrected chi connectivity index (χ1v) is 9.40. The summed E-state index contributed by atoms with van der Waals surface area (Å²) in [6.07, 6.45) is 0.705. The van der Waals surface area contributed by atoms with E-state index in [9.17, 15) is 18.3 Å². The summed E-state index contributed by atoms with van der Waals surface area (Å²) in [6.45, 7) is 3.98.